The van der Waals surface area contributed by atoms with E-state index in [4.69, 9.17) is 4.74 Å². The van der Waals surface area contributed by atoms with Gasteiger partial charge in [0.25, 0.3) is 5.91 Å². The van der Waals surface area contributed by atoms with E-state index in [1.54, 1.807) is 24.4 Å². The highest BCUT2D eigenvalue weighted by molar-refractivity contribution is 7.22. The Morgan fingerprint density at radius 1 is 1.29 bits per heavy atom. The number of hydrogen-bond acceptors (Lipinski definition) is 6. The second-order valence-corrected chi connectivity index (χ2v) is 7.74. The van der Waals surface area contributed by atoms with E-state index in [-0.39, 0.29) is 11.9 Å². The van der Waals surface area contributed by atoms with Crippen LogP contribution >= 0.6 is 11.3 Å². The number of aromatic nitrogens is 4. The number of nitrogens with zero attached hydrogens (tertiary/aromatic N) is 5. The maximum absolute atomic E-state index is 13.3. The van der Waals surface area contributed by atoms with Crippen LogP contribution in [-0.4, -0.2) is 45.9 Å². The van der Waals surface area contributed by atoms with Crippen molar-refractivity contribution >= 4 is 43.6 Å². The first-order valence-electron chi connectivity index (χ1n) is 9.08. The Bertz CT molecular complexity index is 1100. The lowest BCUT2D eigenvalue weighted by Gasteiger charge is -2.19. The lowest BCUT2D eigenvalue weighted by Crippen LogP contribution is -2.34. The van der Waals surface area contributed by atoms with E-state index >= 15 is 0 Å². The van der Waals surface area contributed by atoms with E-state index in [2.05, 4.69) is 15.1 Å². The first-order chi connectivity index (χ1) is 13.6. The third-order valence-electron chi connectivity index (χ3n) is 4.45. The van der Waals surface area contributed by atoms with E-state index in [1.165, 1.54) is 11.3 Å². The van der Waals surface area contributed by atoms with Gasteiger partial charge >= 0.3 is 0 Å². The number of thiazole rings is 1. The molecule has 0 radical (unpaired) electrons. The van der Waals surface area contributed by atoms with Crippen molar-refractivity contribution in [2.24, 2.45) is 0 Å². The van der Waals surface area contributed by atoms with Crippen LogP contribution in [0.4, 0.5) is 5.13 Å². The summed E-state index contributed by atoms with van der Waals surface area (Å²) in [6, 6.07) is 9.90. The van der Waals surface area contributed by atoms with Crippen molar-refractivity contribution in [3.05, 3.63) is 48.3 Å². The topological polar surface area (TPSA) is 73.1 Å². The molecule has 1 amide bonds. The van der Waals surface area contributed by atoms with Crippen molar-refractivity contribution in [3.63, 3.8) is 0 Å². The molecule has 0 aliphatic carbocycles. The second kappa shape index (κ2) is 7.65. The molecule has 8 heteroatoms. The Hall–Kier alpha value is -2.84. The number of anilines is 1. The van der Waals surface area contributed by atoms with E-state index < -0.39 is 0 Å². The second-order valence-electron chi connectivity index (χ2n) is 6.73. The summed E-state index contributed by atoms with van der Waals surface area (Å²) >= 11 is 1.49. The maximum atomic E-state index is 13.3. The Morgan fingerprint density at radius 2 is 2.11 bits per heavy atom. The number of methoxy groups -OCH3 is 1. The minimum atomic E-state index is -0.150. The minimum Gasteiger partial charge on any atom is -0.383 e. The summed E-state index contributed by atoms with van der Waals surface area (Å²) in [7, 11) is 1.62. The fraction of sp³-hybridized carbons (Fsp3) is 0.300. The van der Waals surface area contributed by atoms with Gasteiger partial charge in [0.2, 0.25) is 0 Å². The number of hydrogen-bond donors (Lipinski definition) is 0. The van der Waals surface area contributed by atoms with Crippen molar-refractivity contribution in [2.75, 3.05) is 25.2 Å². The van der Waals surface area contributed by atoms with Crippen molar-refractivity contribution < 1.29 is 9.53 Å². The zero-order chi connectivity index (χ0) is 19.7. The van der Waals surface area contributed by atoms with E-state index in [1.807, 2.05) is 48.9 Å². The number of ether oxygens (including phenoxy) is 1. The molecule has 0 unspecified atom stereocenters. The first-order valence-corrected chi connectivity index (χ1v) is 9.90. The van der Waals surface area contributed by atoms with Crippen LogP contribution in [0.15, 0.2) is 42.7 Å². The first kappa shape index (κ1) is 18.5. The molecule has 28 heavy (non-hydrogen) atoms. The number of carbonyl (C=O) groups excluding carboxylic acids is 1. The van der Waals surface area contributed by atoms with Gasteiger partial charge in [-0.2, -0.15) is 5.10 Å². The van der Waals surface area contributed by atoms with Gasteiger partial charge < -0.3 is 4.74 Å². The molecule has 0 saturated heterocycles. The smallest absolute Gasteiger partial charge is 0.261 e. The number of rotatable bonds is 6. The van der Waals surface area contributed by atoms with E-state index in [0.717, 1.165) is 21.3 Å². The predicted octanol–water partition coefficient (Wildman–Crippen LogP) is 3.92. The van der Waals surface area contributed by atoms with Gasteiger partial charge in [0, 0.05) is 24.7 Å². The number of pyridine rings is 1. The fourth-order valence-electron chi connectivity index (χ4n) is 3.03. The summed E-state index contributed by atoms with van der Waals surface area (Å²) in [6.07, 6.45) is 3.36. The zero-order valence-corrected chi connectivity index (χ0v) is 16.8. The van der Waals surface area contributed by atoms with Crippen LogP contribution in [0.25, 0.3) is 21.3 Å². The quantitative estimate of drug-likeness (QED) is 0.495. The van der Waals surface area contributed by atoms with E-state index in [9.17, 15) is 4.79 Å². The monoisotopic (exact) mass is 395 g/mol. The van der Waals surface area contributed by atoms with Crippen LogP contribution in [0.3, 0.4) is 0 Å². The number of para-hydroxylation sites is 1. The molecule has 0 spiro atoms. The molecule has 7 nitrogen and oxygen atoms in total. The summed E-state index contributed by atoms with van der Waals surface area (Å²) < 4.78 is 8.10. The van der Waals surface area contributed by atoms with Gasteiger partial charge in [-0.1, -0.05) is 23.5 Å². The molecule has 0 bridgehead atoms. The highest BCUT2D eigenvalue weighted by atomic mass is 32.1. The van der Waals surface area contributed by atoms with Crippen molar-refractivity contribution in [1.82, 2.24) is 19.7 Å². The lowest BCUT2D eigenvalue weighted by atomic mass is 10.2. The standard InChI is InChI=1S/C20H21N5O2S/c1-13(2)25-18-14(12-22-25)10-15(11-21-18)19(26)24(8-9-27-3)20-23-16-6-4-5-7-17(16)28-20/h4-7,10-13H,8-9H2,1-3H3. The Labute approximate surface area is 166 Å². The summed E-state index contributed by atoms with van der Waals surface area (Å²) in [5.74, 6) is -0.150. The highest BCUT2D eigenvalue weighted by Gasteiger charge is 2.22. The van der Waals surface area contributed by atoms with Crippen LogP contribution in [0.5, 0.6) is 0 Å². The lowest BCUT2D eigenvalue weighted by molar-refractivity contribution is 0.0975. The molecule has 0 atom stereocenters. The molecule has 0 N–H and O–H groups in total. The average molecular weight is 395 g/mol. The molecule has 1 aromatic carbocycles. The number of benzene rings is 1. The molecule has 3 aromatic heterocycles. The molecule has 4 rings (SSSR count). The number of amides is 1. The molecule has 144 valence electrons. The van der Waals surface area contributed by atoms with Crippen LogP contribution < -0.4 is 4.90 Å². The number of carbonyl (C=O) groups is 1. The fourth-order valence-corrected chi connectivity index (χ4v) is 4.02. The van der Waals surface area contributed by atoms with Gasteiger partial charge in [0.1, 0.15) is 0 Å². The average Bonchev–Trinajstić information content (AvgIpc) is 3.31. The Kier molecular flexibility index (Phi) is 5.06. The van der Waals surface area contributed by atoms with Gasteiger partial charge in [-0.15, -0.1) is 0 Å². The Balaban J connectivity index is 1.71. The van der Waals surface area contributed by atoms with Crippen LogP contribution in [0.1, 0.15) is 30.2 Å². The zero-order valence-electron chi connectivity index (χ0n) is 16.0. The molecular weight excluding hydrogens is 374 g/mol. The summed E-state index contributed by atoms with van der Waals surface area (Å²) in [5.41, 5.74) is 2.16. The van der Waals surface area contributed by atoms with Gasteiger partial charge in [-0.3, -0.25) is 9.69 Å². The van der Waals surface area contributed by atoms with Crippen LogP contribution in [0, 0.1) is 0 Å². The molecule has 0 saturated carbocycles. The summed E-state index contributed by atoms with van der Waals surface area (Å²) in [6.45, 7) is 4.93. The molecule has 3 heterocycles. The van der Waals surface area contributed by atoms with Crippen LogP contribution in [-0.2, 0) is 4.74 Å². The Morgan fingerprint density at radius 3 is 2.86 bits per heavy atom. The predicted molar refractivity (Wildman–Crippen MR) is 111 cm³/mol. The largest absolute Gasteiger partial charge is 0.383 e. The van der Waals surface area contributed by atoms with Gasteiger partial charge in [-0.25, -0.2) is 14.6 Å². The molecule has 0 aliphatic rings. The molecule has 4 aromatic rings. The SMILES string of the molecule is COCCN(C(=O)c1cnc2c(cnn2C(C)C)c1)c1nc2ccccc2s1. The van der Waals surface area contributed by atoms with Gasteiger partial charge in [0.05, 0.1) is 35.1 Å². The van der Waals surface area contributed by atoms with Gasteiger partial charge in [0.15, 0.2) is 10.8 Å². The molecule has 0 fully saturated rings. The van der Waals surface area contributed by atoms with Crippen molar-refractivity contribution in [3.8, 4) is 0 Å². The molecular formula is C20H21N5O2S. The third-order valence-corrected chi connectivity index (χ3v) is 5.51. The van der Waals surface area contributed by atoms with Crippen molar-refractivity contribution in [2.45, 2.75) is 19.9 Å². The third kappa shape index (κ3) is 3.36. The van der Waals surface area contributed by atoms with E-state index in [0.29, 0.717) is 23.8 Å². The van der Waals surface area contributed by atoms with Gasteiger partial charge in [-0.05, 0) is 32.0 Å². The van der Waals surface area contributed by atoms with Crippen molar-refractivity contribution in [1.29, 1.82) is 0 Å². The highest BCUT2D eigenvalue weighted by Crippen LogP contribution is 2.29. The summed E-state index contributed by atoms with van der Waals surface area (Å²) in [5, 5.41) is 5.87. The molecule has 0 aliphatic heterocycles. The summed E-state index contributed by atoms with van der Waals surface area (Å²) in [4.78, 5) is 24.1. The maximum Gasteiger partial charge on any atom is 0.261 e. The number of fused-ring (bicyclic) bond motifs is 2. The minimum absolute atomic E-state index is 0.150. The normalized spacial score (nSPS) is 11.6. The van der Waals surface area contributed by atoms with Crippen LogP contribution in [0.2, 0.25) is 0 Å².